The van der Waals surface area contributed by atoms with E-state index in [1.54, 1.807) is 13.0 Å². The molecule has 0 heterocycles. The molecule has 0 fully saturated rings. The maximum atomic E-state index is 13.4. The van der Waals surface area contributed by atoms with Crippen molar-refractivity contribution in [2.45, 2.75) is 32.3 Å². The normalized spacial score (nSPS) is 22.1. The molecular formula is C14H17FO. The lowest BCUT2D eigenvalue weighted by atomic mass is 9.86. The Hall–Kier alpha value is -1.15. The van der Waals surface area contributed by atoms with Crippen molar-refractivity contribution in [3.63, 3.8) is 0 Å². The number of hydrogen-bond donors (Lipinski definition) is 1. The van der Waals surface area contributed by atoms with Gasteiger partial charge in [-0.2, -0.15) is 0 Å². The second-order valence-electron chi connectivity index (χ2n) is 4.50. The van der Waals surface area contributed by atoms with E-state index < -0.39 is 6.10 Å². The van der Waals surface area contributed by atoms with Gasteiger partial charge >= 0.3 is 0 Å². The Morgan fingerprint density at radius 1 is 1.38 bits per heavy atom. The van der Waals surface area contributed by atoms with Crippen molar-refractivity contribution in [3.8, 4) is 0 Å². The van der Waals surface area contributed by atoms with E-state index in [9.17, 15) is 9.50 Å². The summed E-state index contributed by atoms with van der Waals surface area (Å²) in [7, 11) is 0. The minimum absolute atomic E-state index is 0.229. The first-order chi connectivity index (χ1) is 7.68. The second-order valence-corrected chi connectivity index (χ2v) is 4.50. The van der Waals surface area contributed by atoms with Gasteiger partial charge in [-0.25, -0.2) is 4.39 Å². The van der Waals surface area contributed by atoms with Crippen LogP contribution in [-0.2, 0) is 0 Å². The van der Waals surface area contributed by atoms with E-state index in [0.717, 1.165) is 19.3 Å². The Bertz CT molecular complexity index is 398. The smallest absolute Gasteiger partial charge is 0.126 e. The summed E-state index contributed by atoms with van der Waals surface area (Å²) in [5.74, 6) is -0.00462. The predicted molar refractivity (Wildman–Crippen MR) is 62.6 cm³/mol. The number of halogens is 1. The van der Waals surface area contributed by atoms with Crippen LogP contribution in [0.5, 0.6) is 0 Å². The van der Waals surface area contributed by atoms with Gasteiger partial charge in [0, 0.05) is 0 Å². The molecule has 86 valence electrons. The summed E-state index contributed by atoms with van der Waals surface area (Å²) in [4.78, 5) is 0. The van der Waals surface area contributed by atoms with Crippen LogP contribution in [0.1, 0.15) is 36.5 Å². The fraction of sp³-hybridized carbons (Fsp3) is 0.429. The van der Waals surface area contributed by atoms with Crippen LogP contribution >= 0.6 is 0 Å². The molecule has 2 atom stereocenters. The van der Waals surface area contributed by atoms with Gasteiger partial charge in [-0.3, -0.25) is 0 Å². The molecule has 2 rings (SSSR count). The molecule has 0 aromatic heterocycles. The molecule has 0 bridgehead atoms. The number of allylic oxidation sites excluding steroid dienone is 2. The van der Waals surface area contributed by atoms with Gasteiger partial charge in [0.05, 0.1) is 6.10 Å². The maximum Gasteiger partial charge on any atom is 0.126 e. The third-order valence-corrected chi connectivity index (χ3v) is 3.29. The number of rotatable bonds is 2. The molecule has 0 amide bonds. The van der Waals surface area contributed by atoms with E-state index >= 15 is 0 Å². The molecule has 0 saturated heterocycles. The van der Waals surface area contributed by atoms with Crippen LogP contribution in [0.2, 0.25) is 0 Å². The Morgan fingerprint density at radius 3 is 2.81 bits per heavy atom. The molecule has 1 nitrogen and oxygen atoms in total. The first-order valence-electron chi connectivity index (χ1n) is 5.77. The highest BCUT2D eigenvalue weighted by atomic mass is 19.1. The van der Waals surface area contributed by atoms with Crippen LogP contribution < -0.4 is 0 Å². The number of aryl methyl sites for hydroxylation is 1. The molecule has 1 aromatic rings. The van der Waals surface area contributed by atoms with Gasteiger partial charge in [0.2, 0.25) is 0 Å². The molecule has 1 aliphatic carbocycles. The van der Waals surface area contributed by atoms with E-state index in [0.29, 0.717) is 11.1 Å². The van der Waals surface area contributed by atoms with Crippen LogP contribution in [0.4, 0.5) is 4.39 Å². The van der Waals surface area contributed by atoms with Crippen molar-refractivity contribution in [2.75, 3.05) is 0 Å². The number of aliphatic hydroxyl groups excluding tert-OH is 1. The van der Waals surface area contributed by atoms with E-state index in [4.69, 9.17) is 0 Å². The largest absolute Gasteiger partial charge is 0.388 e. The number of hydrogen-bond acceptors (Lipinski definition) is 1. The molecular weight excluding hydrogens is 203 g/mol. The number of aliphatic hydroxyl groups is 1. The summed E-state index contributed by atoms with van der Waals surface area (Å²) in [6.45, 7) is 1.73. The van der Waals surface area contributed by atoms with Crippen molar-refractivity contribution in [1.29, 1.82) is 0 Å². The van der Waals surface area contributed by atoms with Crippen LogP contribution in [0, 0.1) is 18.7 Å². The Kier molecular flexibility index (Phi) is 3.39. The Balaban J connectivity index is 2.16. The van der Waals surface area contributed by atoms with Gasteiger partial charge in [0.15, 0.2) is 0 Å². The molecule has 1 N–H and O–H groups in total. The highest BCUT2D eigenvalue weighted by molar-refractivity contribution is 5.25. The van der Waals surface area contributed by atoms with Gasteiger partial charge in [-0.15, -0.1) is 0 Å². The molecule has 0 spiro atoms. The first kappa shape index (κ1) is 11.3. The molecule has 0 aliphatic heterocycles. The van der Waals surface area contributed by atoms with E-state index in [2.05, 4.69) is 12.2 Å². The van der Waals surface area contributed by atoms with Gasteiger partial charge in [-0.1, -0.05) is 24.3 Å². The Labute approximate surface area is 95.6 Å². The van der Waals surface area contributed by atoms with Crippen LogP contribution in [-0.4, -0.2) is 5.11 Å². The third-order valence-electron chi connectivity index (χ3n) is 3.29. The van der Waals surface area contributed by atoms with Crippen molar-refractivity contribution in [1.82, 2.24) is 0 Å². The summed E-state index contributed by atoms with van der Waals surface area (Å²) in [5.41, 5.74) is 1.32. The minimum Gasteiger partial charge on any atom is -0.388 e. The van der Waals surface area contributed by atoms with Gasteiger partial charge in [0.1, 0.15) is 5.82 Å². The fourth-order valence-corrected chi connectivity index (χ4v) is 2.17. The summed E-state index contributed by atoms with van der Waals surface area (Å²) in [5, 5.41) is 10.2. The van der Waals surface area contributed by atoms with Gasteiger partial charge in [0.25, 0.3) is 0 Å². The van der Waals surface area contributed by atoms with E-state index in [1.165, 1.54) is 6.07 Å². The Morgan fingerprint density at radius 2 is 2.19 bits per heavy atom. The van der Waals surface area contributed by atoms with E-state index in [-0.39, 0.29) is 11.7 Å². The molecule has 2 heteroatoms. The van der Waals surface area contributed by atoms with Crippen LogP contribution in [0.15, 0.2) is 30.4 Å². The number of benzene rings is 1. The van der Waals surface area contributed by atoms with E-state index in [1.807, 2.05) is 6.07 Å². The zero-order chi connectivity index (χ0) is 11.5. The monoisotopic (exact) mass is 220 g/mol. The quantitative estimate of drug-likeness (QED) is 0.756. The average molecular weight is 220 g/mol. The lowest BCUT2D eigenvalue weighted by molar-refractivity contribution is 0.102. The zero-order valence-corrected chi connectivity index (χ0v) is 9.49. The lowest BCUT2D eigenvalue weighted by Crippen LogP contribution is -2.14. The summed E-state index contributed by atoms with van der Waals surface area (Å²) in [6, 6.07) is 5.01. The topological polar surface area (TPSA) is 20.2 Å². The SMILES string of the molecule is Cc1ccc(C(O)C2CC=CCC2)cc1F. The van der Waals surface area contributed by atoms with Gasteiger partial charge in [-0.05, 0) is 49.3 Å². The summed E-state index contributed by atoms with van der Waals surface area (Å²) < 4.78 is 13.4. The highest BCUT2D eigenvalue weighted by Crippen LogP contribution is 2.31. The standard InChI is InChI=1S/C14H17FO/c1-10-7-8-12(9-13(10)15)14(16)11-5-3-2-4-6-11/h2-3,7-9,11,14,16H,4-6H2,1H3. The minimum atomic E-state index is -0.542. The lowest BCUT2D eigenvalue weighted by Gasteiger charge is -2.24. The molecule has 1 aliphatic rings. The third kappa shape index (κ3) is 2.33. The van der Waals surface area contributed by atoms with Gasteiger partial charge < -0.3 is 5.11 Å². The first-order valence-corrected chi connectivity index (χ1v) is 5.77. The van der Waals surface area contributed by atoms with Crippen molar-refractivity contribution < 1.29 is 9.50 Å². The van der Waals surface area contributed by atoms with Crippen LogP contribution in [0.25, 0.3) is 0 Å². The summed E-state index contributed by atoms with van der Waals surface area (Å²) in [6.07, 6.45) is 6.57. The van der Waals surface area contributed by atoms with Crippen LogP contribution in [0.3, 0.4) is 0 Å². The molecule has 0 saturated carbocycles. The summed E-state index contributed by atoms with van der Waals surface area (Å²) >= 11 is 0. The second kappa shape index (κ2) is 4.79. The highest BCUT2D eigenvalue weighted by Gasteiger charge is 2.21. The molecule has 1 aromatic carbocycles. The molecule has 0 radical (unpaired) electrons. The zero-order valence-electron chi connectivity index (χ0n) is 9.49. The molecule has 16 heavy (non-hydrogen) atoms. The fourth-order valence-electron chi connectivity index (χ4n) is 2.17. The molecule has 2 unspecified atom stereocenters. The van der Waals surface area contributed by atoms with Crippen molar-refractivity contribution in [3.05, 3.63) is 47.3 Å². The van der Waals surface area contributed by atoms with Crippen molar-refractivity contribution >= 4 is 0 Å². The average Bonchev–Trinajstić information content (AvgIpc) is 2.33. The van der Waals surface area contributed by atoms with Crippen molar-refractivity contribution in [2.24, 2.45) is 5.92 Å². The maximum absolute atomic E-state index is 13.4. The predicted octanol–water partition coefficient (Wildman–Crippen LogP) is 3.52.